The predicted molar refractivity (Wildman–Crippen MR) is 78.8 cm³/mol. The smallest absolute Gasteiger partial charge is 0.329 e. The number of urea groups is 1. The van der Waals surface area contributed by atoms with Crippen LogP contribution in [0.25, 0.3) is 0 Å². The zero-order chi connectivity index (χ0) is 15.4. The fraction of sp³-hybridized carbons (Fsp3) is 0.615. The Morgan fingerprint density at radius 3 is 2.62 bits per heavy atom. The van der Waals surface area contributed by atoms with Gasteiger partial charge >= 0.3 is 12.0 Å². The molecule has 8 heteroatoms. The summed E-state index contributed by atoms with van der Waals surface area (Å²) >= 11 is 1.46. The number of nitrogens with zero attached hydrogens (tertiary/aromatic N) is 2. The highest BCUT2D eigenvalue weighted by Crippen LogP contribution is 2.22. The lowest BCUT2D eigenvalue weighted by Gasteiger charge is -2.31. The highest BCUT2D eigenvalue weighted by molar-refractivity contribution is 7.15. The number of carboxylic acids is 1. The van der Waals surface area contributed by atoms with Gasteiger partial charge in [-0.3, -0.25) is 5.32 Å². The summed E-state index contributed by atoms with van der Waals surface area (Å²) in [6, 6.07) is -0.166. The number of hydrogen-bond acceptors (Lipinski definition) is 5. The van der Waals surface area contributed by atoms with Crippen LogP contribution in [0, 0.1) is 13.8 Å². The van der Waals surface area contributed by atoms with Crippen molar-refractivity contribution in [3.05, 3.63) is 10.6 Å². The molecule has 0 spiro atoms. The van der Waals surface area contributed by atoms with Gasteiger partial charge in [0, 0.05) is 18.0 Å². The van der Waals surface area contributed by atoms with Crippen LogP contribution in [-0.4, -0.2) is 52.8 Å². The van der Waals surface area contributed by atoms with Crippen molar-refractivity contribution in [3.63, 3.8) is 0 Å². The maximum absolute atomic E-state index is 12.1. The molecule has 0 aromatic carbocycles. The number of aromatic nitrogens is 1. The molecular formula is C13H19N3O4S. The van der Waals surface area contributed by atoms with Crippen LogP contribution < -0.4 is 5.32 Å². The number of amides is 2. The predicted octanol–water partition coefficient (Wildman–Crippen LogP) is 1.86. The van der Waals surface area contributed by atoms with E-state index in [0.29, 0.717) is 31.1 Å². The van der Waals surface area contributed by atoms with Gasteiger partial charge < -0.3 is 14.7 Å². The van der Waals surface area contributed by atoms with Crippen LogP contribution in [0.15, 0.2) is 0 Å². The molecule has 21 heavy (non-hydrogen) atoms. The Kier molecular flexibility index (Phi) is 5.13. The van der Waals surface area contributed by atoms with Gasteiger partial charge in [0.05, 0.1) is 11.8 Å². The van der Waals surface area contributed by atoms with Gasteiger partial charge in [-0.2, -0.15) is 0 Å². The van der Waals surface area contributed by atoms with E-state index in [1.807, 2.05) is 13.8 Å². The summed E-state index contributed by atoms with van der Waals surface area (Å²) in [4.78, 5) is 29.6. The molecule has 116 valence electrons. The van der Waals surface area contributed by atoms with E-state index in [1.54, 1.807) is 4.90 Å². The summed E-state index contributed by atoms with van der Waals surface area (Å²) in [5.41, 5.74) is 0.927. The van der Waals surface area contributed by atoms with Crippen molar-refractivity contribution in [3.8, 4) is 0 Å². The fourth-order valence-electron chi connectivity index (χ4n) is 2.11. The standard InChI is InChI=1S/C13H19N3O4S/c1-8-9(2)21-12(14-8)15-13(19)16-5-3-10(4-6-16)20-7-11(17)18/h10H,3-7H2,1-2H3,(H,17,18)(H,14,15,19). The van der Waals surface area contributed by atoms with Gasteiger partial charge in [0.2, 0.25) is 0 Å². The van der Waals surface area contributed by atoms with Crippen molar-refractivity contribution in [2.75, 3.05) is 25.0 Å². The molecule has 0 saturated carbocycles. The van der Waals surface area contributed by atoms with Crippen LogP contribution in [0.3, 0.4) is 0 Å². The Morgan fingerprint density at radius 1 is 1.43 bits per heavy atom. The number of aliphatic carboxylic acids is 1. The zero-order valence-corrected chi connectivity index (χ0v) is 12.9. The first-order chi connectivity index (χ1) is 9.95. The molecule has 1 aliphatic heterocycles. The molecule has 0 unspecified atom stereocenters. The van der Waals surface area contributed by atoms with Gasteiger partial charge in [-0.25, -0.2) is 14.6 Å². The first-order valence-corrected chi connectivity index (χ1v) is 7.60. The molecule has 1 fully saturated rings. The molecule has 1 aromatic heterocycles. The Bertz CT molecular complexity index is 504. The lowest BCUT2D eigenvalue weighted by atomic mass is 10.1. The first-order valence-electron chi connectivity index (χ1n) is 6.79. The number of hydrogen-bond donors (Lipinski definition) is 2. The zero-order valence-electron chi connectivity index (χ0n) is 12.1. The van der Waals surface area contributed by atoms with E-state index in [1.165, 1.54) is 11.3 Å². The van der Waals surface area contributed by atoms with Crippen LogP contribution in [0.1, 0.15) is 23.4 Å². The minimum atomic E-state index is -0.968. The topological polar surface area (TPSA) is 91.8 Å². The van der Waals surface area contributed by atoms with Crippen LogP contribution in [0.5, 0.6) is 0 Å². The molecular weight excluding hydrogens is 294 g/mol. The van der Waals surface area contributed by atoms with Crippen LogP contribution in [0.2, 0.25) is 0 Å². The SMILES string of the molecule is Cc1nc(NC(=O)N2CCC(OCC(=O)O)CC2)sc1C. The summed E-state index contributed by atoms with van der Waals surface area (Å²) in [6.07, 6.45) is 1.21. The van der Waals surface area contributed by atoms with E-state index in [4.69, 9.17) is 9.84 Å². The monoisotopic (exact) mass is 313 g/mol. The molecule has 2 heterocycles. The minimum absolute atomic E-state index is 0.0884. The number of thiazole rings is 1. The number of anilines is 1. The highest BCUT2D eigenvalue weighted by Gasteiger charge is 2.24. The first kappa shape index (κ1) is 15.7. The van der Waals surface area contributed by atoms with Crippen molar-refractivity contribution in [2.24, 2.45) is 0 Å². The van der Waals surface area contributed by atoms with Crippen molar-refractivity contribution in [1.82, 2.24) is 9.88 Å². The van der Waals surface area contributed by atoms with Gasteiger partial charge in [-0.05, 0) is 26.7 Å². The van der Waals surface area contributed by atoms with Gasteiger partial charge in [-0.1, -0.05) is 0 Å². The number of aryl methyl sites for hydroxylation is 2. The maximum atomic E-state index is 12.1. The second-order valence-electron chi connectivity index (χ2n) is 4.98. The largest absolute Gasteiger partial charge is 0.480 e. The molecule has 0 aliphatic carbocycles. The quantitative estimate of drug-likeness (QED) is 0.885. The molecule has 1 aliphatic rings. The average molecular weight is 313 g/mol. The third kappa shape index (κ3) is 4.40. The van der Waals surface area contributed by atoms with Crippen molar-refractivity contribution < 1.29 is 19.4 Å². The number of rotatable bonds is 4. The molecule has 0 bridgehead atoms. The fourth-order valence-corrected chi connectivity index (χ4v) is 2.92. The Labute approximate surface area is 126 Å². The highest BCUT2D eigenvalue weighted by atomic mass is 32.1. The van der Waals surface area contributed by atoms with Gasteiger partial charge in [0.25, 0.3) is 0 Å². The number of carbonyl (C=O) groups excluding carboxylic acids is 1. The average Bonchev–Trinajstić information content (AvgIpc) is 2.75. The summed E-state index contributed by atoms with van der Waals surface area (Å²) in [5.74, 6) is -0.968. The molecule has 2 N–H and O–H groups in total. The van der Waals surface area contributed by atoms with Crippen molar-refractivity contribution in [1.29, 1.82) is 0 Å². The van der Waals surface area contributed by atoms with E-state index in [9.17, 15) is 9.59 Å². The molecule has 1 saturated heterocycles. The molecule has 1 aromatic rings. The molecule has 7 nitrogen and oxygen atoms in total. The molecule has 0 atom stereocenters. The van der Waals surface area contributed by atoms with Crippen LogP contribution in [-0.2, 0) is 9.53 Å². The third-order valence-corrected chi connectivity index (χ3v) is 4.40. The molecule has 2 amide bonds. The van der Waals surface area contributed by atoms with Gasteiger partial charge in [0.1, 0.15) is 6.61 Å². The Morgan fingerprint density at radius 2 is 2.10 bits per heavy atom. The Hall–Kier alpha value is -1.67. The number of piperidine rings is 1. The van der Waals surface area contributed by atoms with E-state index in [0.717, 1.165) is 10.6 Å². The second kappa shape index (κ2) is 6.86. The summed E-state index contributed by atoms with van der Waals surface area (Å²) in [7, 11) is 0. The van der Waals surface area contributed by atoms with Crippen LogP contribution in [0.4, 0.5) is 9.93 Å². The molecule has 2 rings (SSSR count). The number of likely N-dealkylation sites (tertiary alicyclic amines) is 1. The van der Waals surface area contributed by atoms with Crippen molar-refractivity contribution in [2.45, 2.75) is 32.8 Å². The second-order valence-corrected chi connectivity index (χ2v) is 6.19. The summed E-state index contributed by atoms with van der Waals surface area (Å²) in [6.45, 7) is 4.70. The Balaban J connectivity index is 1.79. The normalized spacial score (nSPS) is 16.0. The summed E-state index contributed by atoms with van der Waals surface area (Å²) < 4.78 is 5.24. The van der Waals surface area contributed by atoms with Gasteiger partial charge in [-0.15, -0.1) is 11.3 Å². The van der Waals surface area contributed by atoms with E-state index in [2.05, 4.69) is 10.3 Å². The third-order valence-electron chi connectivity index (χ3n) is 3.41. The van der Waals surface area contributed by atoms with Crippen LogP contribution >= 0.6 is 11.3 Å². The molecule has 0 radical (unpaired) electrons. The van der Waals surface area contributed by atoms with Gasteiger partial charge in [0.15, 0.2) is 5.13 Å². The summed E-state index contributed by atoms with van der Waals surface area (Å²) in [5, 5.41) is 12.0. The minimum Gasteiger partial charge on any atom is -0.480 e. The van der Waals surface area contributed by atoms with E-state index < -0.39 is 5.97 Å². The number of carboxylic acid groups (broad SMARTS) is 1. The van der Waals surface area contributed by atoms with E-state index in [-0.39, 0.29) is 18.7 Å². The maximum Gasteiger partial charge on any atom is 0.329 e. The van der Waals surface area contributed by atoms with E-state index >= 15 is 0 Å². The lowest BCUT2D eigenvalue weighted by Crippen LogP contribution is -2.43. The number of ether oxygens (including phenoxy) is 1. The lowest BCUT2D eigenvalue weighted by molar-refractivity contribution is -0.145. The van der Waals surface area contributed by atoms with Crippen molar-refractivity contribution >= 4 is 28.5 Å². The number of carbonyl (C=O) groups is 2. The number of nitrogens with one attached hydrogen (secondary N) is 1.